The molecule has 1 aromatic rings. The second-order valence-electron chi connectivity index (χ2n) is 12.3. The Hall–Kier alpha value is -0.811. The van der Waals surface area contributed by atoms with Gasteiger partial charge in [-0.05, 0) is 0 Å². The number of esters is 1. The van der Waals surface area contributed by atoms with Gasteiger partial charge in [-0.3, -0.25) is 0 Å². The number of ether oxygens (including phenoxy) is 1. The molecule has 3 nitrogen and oxygen atoms in total. The first-order chi connectivity index (χ1) is 17.9. The molecule has 0 N–H and O–H groups in total. The molecule has 2 aliphatic rings. The Morgan fingerprint density at radius 2 is 1.59 bits per heavy atom. The predicted molar refractivity (Wildman–Crippen MR) is 161 cm³/mol. The van der Waals surface area contributed by atoms with E-state index >= 15 is 0 Å². The van der Waals surface area contributed by atoms with Gasteiger partial charge in [0.1, 0.15) is 0 Å². The van der Waals surface area contributed by atoms with E-state index < -0.39 is 18.4 Å². The third-order valence-electron chi connectivity index (χ3n) is 9.44. The van der Waals surface area contributed by atoms with Crippen molar-refractivity contribution in [2.45, 2.75) is 130 Å². The molecular weight excluding hydrogens is 561 g/mol. The molecule has 2 saturated heterocycles. The third kappa shape index (κ3) is 7.87. The van der Waals surface area contributed by atoms with Gasteiger partial charge in [-0.25, -0.2) is 0 Å². The van der Waals surface area contributed by atoms with E-state index in [1.54, 1.807) is 7.11 Å². The maximum absolute atomic E-state index is 13.2. The summed E-state index contributed by atoms with van der Waals surface area (Å²) in [6.07, 6.45) is 14.2. The zero-order valence-corrected chi connectivity index (χ0v) is 27.7. The van der Waals surface area contributed by atoms with Crippen LogP contribution in [0.15, 0.2) is 34.4 Å². The predicted octanol–water partition coefficient (Wildman–Crippen LogP) is 8.86. The van der Waals surface area contributed by atoms with E-state index in [-0.39, 0.29) is 17.8 Å². The van der Waals surface area contributed by atoms with Crippen LogP contribution in [0.2, 0.25) is 13.3 Å². The van der Waals surface area contributed by atoms with Crippen LogP contribution >= 0.6 is 0 Å². The molecule has 0 amide bonds. The van der Waals surface area contributed by atoms with Crippen molar-refractivity contribution >= 4 is 24.3 Å². The number of carbonyl (C=O) groups excluding carboxylic acids is 1. The summed E-state index contributed by atoms with van der Waals surface area (Å²) >= 11 is -2.28. The van der Waals surface area contributed by atoms with Crippen LogP contribution in [0, 0.1) is 5.92 Å². The van der Waals surface area contributed by atoms with E-state index in [9.17, 15) is 4.79 Å². The van der Waals surface area contributed by atoms with E-state index in [1.165, 1.54) is 69.4 Å². The van der Waals surface area contributed by atoms with E-state index in [1.807, 2.05) is 0 Å². The van der Waals surface area contributed by atoms with Crippen LogP contribution in [0.1, 0.15) is 115 Å². The summed E-state index contributed by atoms with van der Waals surface area (Å²) in [4.78, 5) is 15.9. The Morgan fingerprint density at radius 3 is 2.11 bits per heavy atom. The van der Waals surface area contributed by atoms with Gasteiger partial charge in [0.25, 0.3) is 0 Å². The normalized spacial score (nSPS) is 24.3. The molecule has 2 fully saturated rings. The first kappa shape index (κ1) is 30.7. The SMILES string of the molecule is CCC[CH2][Sn](/[CH]=C/CN1[C@H]2CC[C@@H]1[C@@H](C(=O)OC)[C@@H](c1ccc(C(C)C)cc1)C2)([CH2]CCC)[CH2]CCC. The summed E-state index contributed by atoms with van der Waals surface area (Å²) in [7, 11) is 1.57. The Bertz CT molecular complexity index is 827. The van der Waals surface area contributed by atoms with Crippen molar-refractivity contribution in [3.63, 3.8) is 0 Å². The van der Waals surface area contributed by atoms with Crippen molar-refractivity contribution in [2.75, 3.05) is 13.7 Å². The van der Waals surface area contributed by atoms with E-state index in [0.29, 0.717) is 18.0 Å². The average Bonchev–Trinajstić information content (AvgIpc) is 3.18. The van der Waals surface area contributed by atoms with E-state index in [2.05, 4.69) is 74.0 Å². The molecule has 0 aliphatic carbocycles. The number of hydrogen-bond acceptors (Lipinski definition) is 3. The Morgan fingerprint density at radius 1 is 1.00 bits per heavy atom. The minimum atomic E-state index is -2.28. The zero-order chi connectivity index (χ0) is 26.8. The number of benzene rings is 1. The molecule has 0 aromatic heterocycles. The quantitative estimate of drug-likeness (QED) is 0.146. The van der Waals surface area contributed by atoms with Gasteiger partial charge < -0.3 is 0 Å². The number of methoxy groups -OCH3 is 1. The van der Waals surface area contributed by atoms with Crippen LogP contribution in [0.3, 0.4) is 0 Å². The summed E-state index contributed by atoms with van der Waals surface area (Å²) in [5, 5.41) is 0. The number of piperidine rings is 1. The van der Waals surface area contributed by atoms with Crippen molar-refractivity contribution in [3.05, 3.63) is 45.6 Å². The van der Waals surface area contributed by atoms with Crippen LogP contribution in [-0.4, -0.2) is 55.0 Å². The molecule has 3 rings (SSSR count). The van der Waals surface area contributed by atoms with Crippen molar-refractivity contribution in [3.8, 4) is 0 Å². The van der Waals surface area contributed by atoms with Gasteiger partial charge in [0.2, 0.25) is 0 Å². The fraction of sp³-hybridized carbons (Fsp3) is 0.727. The Labute approximate surface area is 232 Å². The molecule has 2 heterocycles. The summed E-state index contributed by atoms with van der Waals surface area (Å²) < 4.78 is 12.8. The second-order valence-corrected chi connectivity index (χ2v) is 25.3. The zero-order valence-electron chi connectivity index (χ0n) is 24.8. The van der Waals surface area contributed by atoms with Crippen molar-refractivity contribution in [1.82, 2.24) is 4.90 Å². The Kier molecular flexibility index (Phi) is 12.5. The van der Waals surface area contributed by atoms with E-state index in [4.69, 9.17) is 4.74 Å². The molecule has 0 unspecified atom stereocenters. The topological polar surface area (TPSA) is 29.5 Å². The molecule has 4 atom stereocenters. The summed E-state index contributed by atoms with van der Waals surface area (Å²) in [5.41, 5.74) is 2.69. The second kappa shape index (κ2) is 15.1. The van der Waals surface area contributed by atoms with Crippen LogP contribution in [0.4, 0.5) is 0 Å². The first-order valence-electron chi connectivity index (χ1n) is 15.5. The van der Waals surface area contributed by atoms with E-state index in [0.717, 1.165) is 19.4 Å². The van der Waals surface area contributed by atoms with Crippen LogP contribution in [0.25, 0.3) is 0 Å². The average molecular weight is 617 g/mol. The number of rotatable bonds is 15. The first-order valence-corrected chi connectivity index (χ1v) is 23.2. The van der Waals surface area contributed by atoms with Crippen molar-refractivity contribution < 1.29 is 9.53 Å². The van der Waals surface area contributed by atoms with Gasteiger partial charge in [0, 0.05) is 0 Å². The number of unbranched alkanes of at least 4 members (excludes halogenated alkanes) is 3. The Balaban J connectivity index is 1.80. The molecule has 0 saturated carbocycles. The van der Waals surface area contributed by atoms with Gasteiger partial charge in [0.05, 0.1) is 0 Å². The van der Waals surface area contributed by atoms with Gasteiger partial charge in [-0.1, -0.05) is 13.8 Å². The summed E-state index contributed by atoms with van der Waals surface area (Å²) in [6, 6.07) is 9.97. The third-order valence-corrected chi connectivity index (χ3v) is 23.7. The van der Waals surface area contributed by atoms with Crippen LogP contribution < -0.4 is 0 Å². The summed E-state index contributed by atoms with van der Waals surface area (Å²) in [5.74, 6) is 0.721. The number of fused-ring (bicyclic) bond motifs is 2. The minimum absolute atomic E-state index is 0.0142. The van der Waals surface area contributed by atoms with Crippen LogP contribution in [-0.2, 0) is 9.53 Å². The fourth-order valence-corrected chi connectivity index (χ4v) is 21.5. The molecule has 208 valence electrons. The molecule has 0 radical (unpaired) electrons. The maximum atomic E-state index is 13.2. The van der Waals surface area contributed by atoms with Gasteiger partial charge in [-0.15, -0.1) is 0 Å². The van der Waals surface area contributed by atoms with Crippen molar-refractivity contribution in [1.29, 1.82) is 0 Å². The number of carbonyl (C=O) groups is 1. The molecular formula is C33H55NO2Sn. The molecule has 4 heteroatoms. The van der Waals surface area contributed by atoms with Gasteiger partial charge >= 0.3 is 220 Å². The van der Waals surface area contributed by atoms with Crippen molar-refractivity contribution in [2.24, 2.45) is 5.92 Å². The number of hydrogen-bond donors (Lipinski definition) is 0. The fourth-order valence-electron chi connectivity index (χ4n) is 7.16. The molecule has 2 aliphatic heterocycles. The molecule has 1 aromatic carbocycles. The molecule has 37 heavy (non-hydrogen) atoms. The van der Waals surface area contributed by atoms with Gasteiger partial charge in [0.15, 0.2) is 0 Å². The summed E-state index contributed by atoms with van der Waals surface area (Å²) in [6.45, 7) is 12.6. The molecule has 0 spiro atoms. The van der Waals surface area contributed by atoms with Crippen LogP contribution in [0.5, 0.6) is 0 Å². The van der Waals surface area contributed by atoms with Gasteiger partial charge in [-0.2, -0.15) is 0 Å². The standard InChI is InChI=1S/C21H28NO2.3C4H9.Sn/c1-5-12-22-17-10-11-19(22)20(21(23)24-4)18(13-17)16-8-6-15(7-9-16)14(2)3;3*1-3-4-2;/h1,5-9,14,17-20H,10-13H2,2-4H3;3*1,3-4H2,2H3;/t17-,18+,19+,20-;;;;/m0..../s1. The molecule has 2 bridgehead atoms. The number of nitrogens with zero attached hydrogens (tertiary/aromatic N) is 1. The monoisotopic (exact) mass is 617 g/mol.